The van der Waals surface area contributed by atoms with Gasteiger partial charge in [-0.05, 0) is 53.6 Å². The summed E-state index contributed by atoms with van der Waals surface area (Å²) in [6.45, 7) is 0. The lowest BCUT2D eigenvalue weighted by molar-refractivity contribution is -0.117. The number of methoxy groups -OCH3 is 1. The van der Waals surface area contributed by atoms with Gasteiger partial charge in [-0.25, -0.2) is 4.79 Å². The van der Waals surface area contributed by atoms with Crippen LogP contribution in [0, 0.1) is 5.92 Å². The molecule has 5 nitrogen and oxygen atoms in total. The molecule has 1 heterocycles. The van der Waals surface area contributed by atoms with Crippen molar-refractivity contribution in [2.24, 2.45) is 5.92 Å². The minimum Gasteiger partial charge on any atom is -0.465 e. The molecule has 5 heteroatoms. The number of benzene rings is 2. The summed E-state index contributed by atoms with van der Waals surface area (Å²) in [6, 6.07) is 15.0. The lowest BCUT2D eigenvalue weighted by Crippen LogP contribution is -2.14. The smallest absolute Gasteiger partial charge is 0.337 e. The average molecular weight is 346 g/mol. The van der Waals surface area contributed by atoms with Gasteiger partial charge in [0.2, 0.25) is 5.91 Å². The molecule has 4 rings (SSSR count). The maximum Gasteiger partial charge on any atom is 0.337 e. The first kappa shape index (κ1) is 16.3. The fraction of sp³-hybridized carbons (Fsp3) is 0.190. The molecular weight excluding hydrogens is 328 g/mol. The van der Waals surface area contributed by atoms with Crippen molar-refractivity contribution in [3.8, 4) is 0 Å². The third kappa shape index (κ3) is 3.16. The lowest BCUT2D eigenvalue weighted by Gasteiger charge is -2.07. The first-order valence-electron chi connectivity index (χ1n) is 8.48. The van der Waals surface area contributed by atoms with Crippen LogP contribution >= 0.6 is 0 Å². The second-order valence-electron chi connectivity index (χ2n) is 6.49. The lowest BCUT2D eigenvalue weighted by atomic mass is 10.1. The highest BCUT2D eigenvalue weighted by molar-refractivity contribution is 5.97. The average Bonchev–Trinajstić information content (AvgIpc) is 3.48. The third-order valence-corrected chi connectivity index (χ3v) is 4.80. The van der Waals surface area contributed by atoms with Gasteiger partial charge in [0, 0.05) is 29.4 Å². The van der Waals surface area contributed by atoms with E-state index in [0.29, 0.717) is 5.56 Å². The quantitative estimate of drug-likeness (QED) is 0.730. The Morgan fingerprint density at radius 2 is 1.88 bits per heavy atom. The molecule has 1 N–H and O–H groups in total. The van der Waals surface area contributed by atoms with Crippen molar-refractivity contribution in [3.63, 3.8) is 0 Å². The fourth-order valence-corrected chi connectivity index (χ4v) is 3.23. The molecule has 130 valence electrons. The number of pyridine rings is 1. The van der Waals surface area contributed by atoms with Crippen LogP contribution in [-0.4, -0.2) is 24.0 Å². The van der Waals surface area contributed by atoms with Gasteiger partial charge in [-0.1, -0.05) is 18.2 Å². The van der Waals surface area contributed by atoms with Gasteiger partial charge in [-0.2, -0.15) is 0 Å². The van der Waals surface area contributed by atoms with E-state index in [1.807, 2.05) is 36.4 Å². The molecule has 2 aromatic carbocycles. The van der Waals surface area contributed by atoms with Crippen LogP contribution in [0.2, 0.25) is 0 Å². The number of nitrogens with zero attached hydrogens (tertiary/aromatic N) is 1. The zero-order valence-electron chi connectivity index (χ0n) is 14.3. The summed E-state index contributed by atoms with van der Waals surface area (Å²) < 4.78 is 4.70. The van der Waals surface area contributed by atoms with E-state index >= 15 is 0 Å². The van der Waals surface area contributed by atoms with Crippen LogP contribution in [-0.2, 0) is 9.53 Å². The molecule has 1 fully saturated rings. The Bertz CT molecular complexity index is 982. The topological polar surface area (TPSA) is 68.3 Å². The Morgan fingerprint density at radius 1 is 1.08 bits per heavy atom. The number of fused-ring (bicyclic) bond motifs is 1. The van der Waals surface area contributed by atoms with Crippen LogP contribution in [0.5, 0.6) is 0 Å². The van der Waals surface area contributed by atoms with Crippen molar-refractivity contribution >= 4 is 28.3 Å². The van der Waals surface area contributed by atoms with Crippen LogP contribution in [0.3, 0.4) is 0 Å². The van der Waals surface area contributed by atoms with E-state index in [1.54, 1.807) is 24.5 Å². The summed E-state index contributed by atoms with van der Waals surface area (Å²) in [5.41, 5.74) is 2.38. The summed E-state index contributed by atoms with van der Waals surface area (Å²) in [6.07, 6.45) is 4.36. The summed E-state index contributed by atoms with van der Waals surface area (Å²) in [4.78, 5) is 28.1. The van der Waals surface area contributed by atoms with Crippen molar-refractivity contribution in [1.29, 1.82) is 0 Å². The number of anilines is 1. The Balaban J connectivity index is 1.42. The highest BCUT2D eigenvalue weighted by Gasteiger charge is 2.43. The van der Waals surface area contributed by atoms with E-state index in [2.05, 4.69) is 10.3 Å². The molecule has 1 aliphatic carbocycles. The molecule has 0 spiro atoms. The van der Waals surface area contributed by atoms with E-state index < -0.39 is 0 Å². The second-order valence-corrected chi connectivity index (χ2v) is 6.49. The number of amides is 1. The molecular formula is C21H18N2O3. The normalized spacial score (nSPS) is 18.3. The highest BCUT2D eigenvalue weighted by atomic mass is 16.5. The number of aromatic nitrogens is 1. The van der Waals surface area contributed by atoms with Crippen molar-refractivity contribution in [2.75, 3.05) is 12.4 Å². The summed E-state index contributed by atoms with van der Waals surface area (Å²) >= 11 is 0. The number of hydrogen-bond donors (Lipinski definition) is 1. The molecule has 0 radical (unpaired) electrons. The number of rotatable bonds is 4. The number of carbonyl (C=O) groups excluding carboxylic acids is 2. The molecule has 2 atom stereocenters. The standard InChI is InChI=1S/C21H18N2O3/c1-26-21(25)14-4-2-13(3-5-14)18-11-19(18)20(24)23-17-7-6-16-12-22-9-8-15(16)10-17/h2-10,12,18-19H,11H2,1H3,(H,23,24)/t18?,19-/m1/s1. The van der Waals surface area contributed by atoms with Gasteiger partial charge in [0.15, 0.2) is 0 Å². The Labute approximate surface area is 151 Å². The SMILES string of the molecule is COC(=O)c1ccc(C2C[C@H]2C(=O)Nc2ccc3cnccc3c2)cc1. The van der Waals surface area contributed by atoms with E-state index in [9.17, 15) is 9.59 Å². The first-order chi connectivity index (χ1) is 12.7. The number of ether oxygens (including phenoxy) is 1. The van der Waals surface area contributed by atoms with E-state index in [1.165, 1.54) is 7.11 Å². The van der Waals surface area contributed by atoms with Crippen molar-refractivity contribution in [3.05, 3.63) is 72.1 Å². The van der Waals surface area contributed by atoms with Crippen LogP contribution in [0.1, 0.15) is 28.3 Å². The zero-order chi connectivity index (χ0) is 18.1. The van der Waals surface area contributed by atoms with Gasteiger partial charge in [-0.3, -0.25) is 9.78 Å². The van der Waals surface area contributed by atoms with E-state index in [4.69, 9.17) is 4.74 Å². The van der Waals surface area contributed by atoms with Gasteiger partial charge in [0.25, 0.3) is 0 Å². The fourth-order valence-electron chi connectivity index (χ4n) is 3.23. The van der Waals surface area contributed by atoms with Crippen LogP contribution < -0.4 is 5.32 Å². The van der Waals surface area contributed by atoms with Crippen molar-refractivity contribution < 1.29 is 14.3 Å². The third-order valence-electron chi connectivity index (χ3n) is 4.80. The number of hydrogen-bond acceptors (Lipinski definition) is 4. The van der Waals surface area contributed by atoms with E-state index in [-0.39, 0.29) is 23.7 Å². The van der Waals surface area contributed by atoms with E-state index in [0.717, 1.165) is 28.4 Å². The summed E-state index contributed by atoms with van der Waals surface area (Å²) in [7, 11) is 1.36. The van der Waals surface area contributed by atoms with Crippen LogP contribution in [0.15, 0.2) is 60.9 Å². The van der Waals surface area contributed by atoms with Gasteiger partial charge in [0.05, 0.1) is 12.7 Å². The Morgan fingerprint density at radius 3 is 2.65 bits per heavy atom. The predicted molar refractivity (Wildman–Crippen MR) is 99.0 cm³/mol. The van der Waals surface area contributed by atoms with Crippen LogP contribution in [0.25, 0.3) is 10.8 Å². The van der Waals surface area contributed by atoms with Crippen molar-refractivity contribution in [1.82, 2.24) is 4.98 Å². The summed E-state index contributed by atoms with van der Waals surface area (Å²) in [5.74, 6) is -0.160. The maximum atomic E-state index is 12.5. The zero-order valence-corrected chi connectivity index (χ0v) is 14.3. The molecule has 1 aromatic heterocycles. The molecule has 1 aliphatic rings. The largest absolute Gasteiger partial charge is 0.465 e. The Kier molecular flexibility index (Phi) is 4.13. The van der Waals surface area contributed by atoms with Gasteiger partial charge in [-0.15, -0.1) is 0 Å². The summed E-state index contributed by atoms with van der Waals surface area (Å²) in [5, 5.41) is 5.09. The molecule has 26 heavy (non-hydrogen) atoms. The molecule has 0 bridgehead atoms. The molecule has 0 aliphatic heterocycles. The number of esters is 1. The van der Waals surface area contributed by atoms with Crippen LogP contribution in [0.4, 0.5) is 5.69 Å². The predicted octanol–water partition coefficient (Wildman–Crippen LogP) is 3.76. The number of carbonyl (C=O) groups is 2. The molecule has 0 saturated heterocycles. The molecule has 1 saturated carbocycles. The molecule has 1 amide bonds. The molecule has 3 aromatic rings. The maximum absolute atomic E-state index is 12.5. The number of nitrogens with one attached hydrogen (secondary N) is 1. The highest BCUT2D eigenvalue weighted by Crippen LogP contribution is 2.48. The minimum atomic E-state index is -0.354. The van der Waals surface area contributed by atoms with Gasteiger partial charge >= 0.3 is 5.97 Å². The first-order valence-corrected chi connectivity index (χ1v) is 8.48. The minimum absolute atomic E-state index is 0.0282. The molecule has 1 unspecified atom stereocenters. The Hall–Kier alpha value is -3.21. The monoisotopic (exact) mass is 346 g/mol. The second kappa shape index (κ2) is 6.59. The van der Waals surface area contributed by atoms with Gasteiger partial charge < -0.3 is 10.1 Å². The van der Waals surface area contributed by atoms with Crippen molar-refractivity contribution in [2.45, 2.75) is 12.3 Å². The van der Waals surface area contributed by atoms with Gasteiger partial charge in [0.1, 0.15) is 0 Å².